The summed E-state index contributed by atoms with van der Waals surface area (Å²) in [5, 5.41) is 22.2. The maximum Gasteiger partial charge on any atom is 0.337 e. The van der Waals surface area contributed by atoms with Gasteiger partial charge in [0.15, 0.2) is 0 Å². The molecule has 0 aliphatic rings. The van der Waals surface area contributed by atoms with Crippen LogP contribution in [0, 0.1) is 10.1 Å². The SMILES string of the molecule is O=C(O)/C(=C/c1cc(Cl)ccc1[N+](=O)[O-])c1cccs1. The molecule has 1 aromatic heterocycles. The average molecular weight is 310 g/mol. The third kappa shape index (κ3) is 3.04. The van der Waals surface area contributed by atoms with E-state index >= 15 is 0 Å². The summed E-state index contributed by atoms with van der Waals surface area (Å²) < 4.78 is 0. The molecular formula is C13H8ClNO4S. The molecule has 102 valence electrons. The average Bonchev–Trinajstić information content (AvgIpc) is 2.88. The maximum atomic E-state index is 11.3. The molecule has 1 heterocycles. The number of nitro groups is 1. The standard InChI is InChI=1S/C13H8ClNO4S/c14-9-3-4-11(15(18)19)8(6-9)7-10(13(16)17)12-2-1-5-20-12/h1-7H,(H,16,17)/b10-7+. The Bertz CT molecular complexity index is 694. The smallest absolute Gasteiger partial charge is 0.337 e. The van der Waals surface area contributed by atoms with Crippen LogP contribution in [0.15, 0.2) is 35.7 Å². The van der Waals surface area contributed by atoms with Gasteiger partial charge in [-0.2, -0.15) is 0 Å². The largest absolute Gasteiger partial charge is 0.478 e. The van der Waals surface area contributed by atoms with Crippen molar-refractivity contribution in [3.8, 4) is 0 Å². The Morgan fingerprint density at radius 3 is 2.70 bits per heavy atom. The first-order valence-electron chi connectivity index (χ1n) is 5.42. The molecule has 20 heavy (non-hydrogen) atoms. The molecule has 2 aromatic rings. The number of halogens is 1. The lowest BCUT2D eigenvalue weighted by Gasteiger charge is -2.02. The normalized spacial score (nSPS) is 11.3. The molecule has 0 radical (unpaired) electrons. The molecule has 5 nitrogen and oxygen atoms in total. The zero-order valence-electron chi connectivity index (χ0n) is 9.95. The highest BCUT2D eigenvalue weighted by Crippen LogP contribution is 2.29. The molecule has 0 fully saturated rings. The van der Waals surface area contributed by atoms with Gasteiger partial charge < -0.3 is 5.11 Å². The minimum Gasteiger partial charge on any atom is -0.478 e. The van der Waals surface area contributed by atoms with Crippen LogP contribution in [-0.2, 0) is 4.79 Å². The van der Waals surface area contributed by atoms with Crippen molar-refractivity contribution in [2.45, 2.75) is 0 Å². The van der Waals surface area contributed by atoms with E-state index in [1.54, 1.807) is 17.5 Å². The van der Waals surface area contributed by atoms with Crippen LogP contribution in [0.1, 0.15) is 10.4 Å². The van der Waals surface area contributed by atoms with Crippen molar-refractivity contribution >= 4 is 46.2 Å². The Balaban J connectivity index is 2.60. The molecule has 0 aliphatic heterocycles. The van der Waals surface area contributed by atoms with E-state index in [2.05, 4.69) is 0 Å². The van der Waals surface area contributed by atoms with Crippen molar-refractivity contribution in [1.29, 1.82) is 0 Å². The first-order chi connectivity index (χ1) is 9.49. The topological polar surface area (TPSA) is 80.4 Å². The van der Waals surface area contributed by atoms with Gasteiger partial charge in [-0.15, -0.1) is 11.3 Å². The summed E-state index contributed by atoms with van der Waals surface area (Å²) >= 11 is 7.06. The Morgan fingerprint density at radius 2 is 2.15 bits per heavy atom. The van der Waals surface area contributed by atoms with Gasteiger partial charge in [-0.3, -0.25) is 10.1 Å². The fraction of sp³-hybridized carbons (Fsp3) is 0. The molecule has 0 saturated carbocycles. The summed E-state index contributed by atoms with van der Waals surface area (Å²) in [6.45, 7) is 0. The number of carboxylic acids is 1. The molecule has 0 aliphatic carbocycles. The first-order valence-corrected chi connectivity index (χ1v) is 6.67. The zero-order chi connectivity index (χ0) is 14.7. The lowest BCUT2D eigenvalue weighted by molar-refractivity contribution is -0.385. The van der Waals surface area contributed by atoms with Gasteiger partial charge in [-0.25, -0.2) is 4.79 Å². The van der Waals surface area contributed by atoms with Gasteiger partial charge in [-0.05, 0) is 29.7 Å². The van der Waals surface area contributed by atoms with Crippen molar-refractivity contribution in [3.05, 3.63) is 61.3 Å². The molecule has 0 amide bonds. The van der Waals surface area contributed by atoms with E-state index < -0.39 is 10.9 Å². The van der Waals surface area contributed by atoms with Crippen LogP contribution >= 0.6 is 22.9 Å². The molecule has 2 rings (SSSR count). The molecule has 1 aromatic carbocycles. The van der Waals surface area contributed by atoms with Crippen molar-refractivity contribution in [2.75, 3.05) is 0 Å². The fourth-order valence-corrected chi connectivity index (χ4v) is 2.55. The second-order valence-electron chi connectivity index (χ2n) is 3.80. The molecular weight excluding hydrogens is 302 g/mol. The van der Waals surface area contributed by atoms with Crippen LogP contribution in [0.4, 0.5) is 5.69 Å². The van der Waals surface area contributed by atoms with Crippen LogP contribution in [0.2, 0.25) is 5.02 Å². The van der Waals surface area contributed by atoms with E-state index in [0.717, 1.165) is 0 Å². The van der Waals surface area contributed by atoms with E-state index in [4.69, 9.17) is 11.6 Å². The molecule has 0 saturated heterocycles. The molecule has 0 bridgehead atoms. The number of hydrogen-bond donors (Lipinski definition) is 1. The molecule has 7 heteroatoms. The van der Waals surface area contributed by atoms with Crippen LogP contribution < -0.4 is 0 Å². The predicted octanol–water partition coefficient (Wildman–Crippen LogP) is 3.93. The Labute approximate surface area is 122 Å². The minimum atomic E-state index is -1.15. The summed E-state index contributed by atoms with van der Waals surface area (Å²) in [6, 6.07) is 7.37. The number of benzene rings is 1. The third-order valence-electron chi connectivity index (χ3n) is 2.50. The van der Waals surface area contributed by atoms with Crippen molar-refractivity contribution in [2.24, 2.45) is 0 Å². The number of nitro benzene ring substituents is 1. The van der Waals surface area contributed by atoms with Crippen LogP contribution in [-0.4, -0.2) is 16.0 Å². The second-order valence-corrected chi connectivity index (χ2v) is 5.18. The highest BCUT2D eigenvalue weighted by atomic mass is 35.5. The number of carboxylic acid groups (broad SMARTS) is 1. The van der Waals surface area contributed by atoms with E-state index in [0.29, 0.717) is 9.90 Å². The lowest BCUT2D eigenvalue weighted by atomic mass is 10.1. The van der Waals surface area contributed by atoms with Gasteiger partial charge in [0.25, 0.3) is 5.69 Å². The van der Waals surface area contributed by atoms with E-state index in [1.165, 1.54) is 35.6 Å². The van der Waals surface area contributed by atoms with Crippen molar-refractivity contribution in [3.63, 3.8) is 0 Å². The summed E-state index contributed by atoms with van der Waals surface area (Å²) in [6.07, 6.45) is 1.26. The number of hydrogen-bond acceptors (Lipinski definition) is 4. The van der Waals surface area contributed by atoms with Crippen molar-refractivity contribution < 1.29 is 14.8 Å². The number of carbonyl (C=O) groups is 1. The van der Waals surface area contributed by atoms with E-state index in [-0.39, 0.29) is 16.8 Å². The quantitative estimate of drug-likeness (QED) is 0.527. The lowest BCUT2D eigenvalue weighted by Crippen LogP contribution is -1.99. The summed E-state index contributed by atoms with van der Waals surface area (Å²) in [5.41, 5.74) is -0.0385. The third-order valence-corrected chi connectivity index (χ3v) is 3.64. The monoisotopic (exact) mass is 309 g/mol. The summed E-state index contributed by atoms with van der Waals surface area (Å²) in [4.78, 5) is 22.2. The number of aliphatic carboxylic acids is 1. The molecule has 0 atom stereocenters. The van der Waals surface area contributed by atoms with Gasteiger partial charge >= 0.3 is 5.97 Å². The Kier molecular flexibility index (Phi) is 4.16. The zero-order valence-corrected chi connectivity index (χ0v) is 11.5. The summed E-state index contributed by atoms with van der Waals surface area (Å²) in [5.74, 6) is -1.15. The molecule has 1 N–H and O–H groups in total. The number of rotatable bonds is 4. The Morgan fingerprint density at radius 1 is 1.40 bits per heavy atom. The highest BCUT2D eigenvalue weighted by molar-refractivity contribution is 7.11. The van der Waals surface area contributed by atoms with Crippen LogP contribution in [0.25, 0.3) is 11.6 Å². The predicted molar refractivity (Wildman–Crippen MR) is 77.9 cm³/mol. The van der Waals surface area contributed by atoms with E-state index in [9.17, 15) is 20.0 Å². The minimum absolute atomic E-state index is 0.00892. The second kappa shape index (κ2) is 5.85. The van der Waals surface area contributed by atoms with Gasteiger partial charge in [0, 0.05) is 16.0 Å². The van der Waals surface area contributed by atoms with Gasteiger partial charge in [0.2, 0.25) is 0 Å². The molecule has 0 spiro atoms. The number of nitrogens with zero attached hydrogens (tertiary/aromatic N) is 1. The molecule has 0 unspecified atom stereocenters. The Hall–Kier alpha value is -2.18. The van der Waals surface area contributed by atoms with Crippen LogP contribution in [0.3, 0.4) is 0 Å². The maximum absolute atomic E-state index is 11.3. The van der Waals surface area contributed by atoms with Crippen LogP contribution in [0.5, 0.6) is 0 Å². The summed E-state index contributed by atoms with van der Waals surface area (Å²) in [7, 11) is 0. The van der Waals surface area contributed by atoms with E-state index in [1.807, 2.05) is 0 Å². The van der Waals surface area contributed by atoms with Crippen molar-refractivity contribution in [1.82, 2.24) is 0 Å². The fourth-order valence-electron chi connectivity index (χ4n) is 1.63. The number of thiophene rings is 1. The van der Waals surface area contributed by atoms with Gasteiger partial charge in [0.1, 0.15) is 0 Å². The van der Waals surface area contributed by atoms with Gasteiger partial charge in [0.05, 0.1) is 16.1 Å². The van der Waals surface area contributed by atoms with Gasteiger partial charge in [-0.1, -0.05) is 17.7 Å². The first kappa shape index (κ1) is 14.2. The highest BCUT2D eigenvalue weighted by Gasteiger charge is 2.17.